The molecule has 4 heteroatoms. The molecule has 0 saturated carbocycles. The first-order valence-corrected chi connectivity index (χ1v) is 4.91. The lowest BCUT2D eigenvalue weighted by molar-refractivity contribution is -0.140. The Morgan fingerprint density at radius 2 is 2.31 bits per heavy atom. The third kappa shape index (κ3) is 1.89. The maximum atomic E-state index is 10.7. The lowest BCUT2D eigenvalue weighted by Crippen LogP contribution is -2.46. The fraction of sp³-hybridized carbons (Fsp3) is 0.444. The zero-order chi connectivity index (χ0) is 10.1. The van der Waals surface area contributed by atoms with E-state index in [9.17, 15) is 4.79 Å². The van der Waals surface area contributed by atoms with Crippen molar-refractivity contribution in [1.29, 1.82) is 0 Å². The van der Waals surface area contributed by atoms with Gasteiger partial charge in [0.05, 0.1) is 0 Å². The maximum Gasteiger partial charge on any atom is 0.321 e. The molecule has 0 aromatic carbocycles. The molecule has 13 heavy (non-hydrogen) atoms. The molecule has 1 aromatic heterocycles. The van der Waals surface area contributed by atoms with Crippen molar-refractivity contribution in [3.8, 4) is 0 Å². The standard InChI is InChI=1S/C9H13NO2S/c1-9(2,7(10)8(11)12)6-3-4-13-5-6/h3-5,7H,10H2,1-2H3,(H,11,12). The molecular formula is C9H13NO2S. The molecule has 1 rings (SSSR count). The number of hydrogen-bond acceptors (Lipinski definition) is 3. The van der Waals surface area contributed by atoms with E-state index in [4.69, 9.17) is 10.8 Å². The number of carboxylic acid groups (broad SMARTS) is 1. The van der Waals surface area contributed by atoms with E-state index in [0.29, 0.717) is 0 Å². The minimum atomic E-state index is -0.962. The van der Waals surface area contributed by atoms with Crippen LogP contribution in [-0.4, -0.2) is 17.1 Å². The second-order valence-corrected chi connectivity index (χ2v) is 4.33. The monoisotopic (exact) mass is 199 g/mol. The topological polar surface area (TPSA) is 63.3 Å². The Kier molecular flexibility index (Phi) is 2.73. The average Bonchev–Trinajstić information content (AvgIpc) is 2.54. The third-order valence-corrected chi connectivity index (χ3v) is 2.99. The molecule has 1 aromatic rings. The number of aliphatic carboxylic acids is 1. The molecule has 3 N–H and O–H groups in total. The number of thiophene rings is 1. The van der Waals surface area contributed by atoms with E-state index in [-0.39, 0.29) is 0 Å². The van der Waals surface area contributed by atoms with Crippen molar-refractivity contribution in [2.45, 2.75) is 25.3 Å². The van der Waals surface area contributed by atoms with E-state index in [1.165, 1.54) is 0 Å². The van der Waals surface area contributed by atoms with Gasteiger partial charge in [-0.05, 0) is 22.4 Å². The van der Waals surface area contributed by atoms with Gasteiger partial charge < -0.3 is 10.8 Å². The van der Waals surface area contributed by atoms with Gasteiger partial charge in [0.2, 0.25) is 0 Å². The fourth-order valence-corrected chi connectivity index (χ4v) is 1.95. The van der Waals surface area contributed by atoms with Gasteiger partial charge in [-0.15, -0.1) is 0 Å². The number of carbonyl (C=O) groups is 1. The summed E-state index contributed by atoms with van der Waals surface area (Å²) in [4.78, 5) is 10.7. The summed E-state index contributed by atoms with van der Waals surface area (Å²) in [7, 11) is 0. The van der Waals surface area contributed by atoms with Crippen molar-refractivity contribution in [1.82, 2.24) is 0 Å². The average molecular weight is 199 g/mol. The molecule has 1 heterocycles. The van der Waals surface area contributed by atoms with Gasteiger partial charge in [0, 0.05) is 5.41 Å². The fourth-order valence-electron chi connectivity index (χ4n) is 1.12. The molecule has 3 nitrogen and oxygen atoms in total. The number of hydrogen-bond donors (Lipinski definition) is 2. The highest BCUT2D eigenvalue weighted by molar-refractivity contribution is 7.08. The van der Waals surface area contributed by atoms with Crippen molar-refractivity contribution in [3.05, 3.63) is 22.4 Å². The first-order chi connectivity index (χ1) is 5.96. The van der Waals surface area contributed by atoms with Crippen LogP contribution in [0.4, 0.5) is 0 Å². The van der Waals surface area contributed by atoms with Crippen molar-refractivity contribution in [3.63, 3.8) is 0 Å². The van der Waals surface area contributed by atoms with Gasteiger partial charge >= 0.3 is 5.97 Å². The van der Waals surface area contributed by atoms with Crippen molar-refractivity contribution in [2.24, 2.45) is 5.73 Å². The quantitative estimate of drug-likeness (QED) is 0.774. The van der Waals surface area contributed by atoms with Gasteiger partial charge in [0.1, 0.15) is 6.04 Å². The van der Waals surface area contributed by atoms with E-state index in [1.54, 1.807) is 11.3 Å². The summed E-state index contributed by atoms with van der Waals surface area (Å²) >= 11 is 1.55. The van der Waals surface area contributed by atoms with E-state index >= 15 is 0 Å². The van der Waals surface area contributed by atoms with Crippen molar-refractivity contribution in [2.75, 3.05) is 0 Å². The maximum absolute atomic E-state index is 10.7. The summed E-state index contributed by atoms with van der Waals surface area (Å²) in [6.45, 7) is 3.68. The van der Waals surface area contributed by atoms with Crippen molar-refractivity contribution < 1.29 is 9.90 Å². The van der Waals surface area contributed by atoms with Crippen molar-refractivity contribution >= 4 is 17.3 Å². The molecule has 0 amide bonds. The van der Waals surface area contributed by atoms with E-state index in [0.717, 1.165) is 5.56 Å². The van der Waals surface area contributed by atoms with Gasteiger partial charge in [0.25, 0.3) is 0 Å². The predicted molar refractivity (Wildman–Crippen MR) is 53.0 cm³/mol. The summed E-state index contributed by atoms with van der Waals surface area (Å²) in [5, 5.41) is 12.7. The smallest absolute Gasteiger partial charge is 0.321 e. The Morgan fingerprint density at radius 1 is 1.69 bits per heavy atom. The number of carboxylic acids is 1. The molecule has 0 saturated heterocycles. The molecule has 0 fully saturated rings. The number of rotatable bonds is 3. The van der Waals surface area contributed by atoms with Gasteiger partial charge in [-0.1, -0.05) is 13.8 Å². The summed E-state index contributed by atoms with van der Waals surface area (Å²) in [6.07, 6.45) is 0. The van der Waals surface area contributed by atoms with Crippen LogP contribution in [-0.2, 0) is 10.2 Å². The minimum absolute atomic E-state index is 0.508. The lowest BCUT2D eigenvalue weighted by atomic mass is 9.79. The summed E-state index contributed by atoms with van der Waals surface area (Å²) in [6, 6.07) is 1.05. The van der Waals surface area contributed by atoms with Crippen LogP contribution in [0, 0.1) is 0 Å². The van der Waals surface area contributed by atoms with Crippen LogP contribution in [0.25, 0.3) is 0 Å². The van der Waals surface area contributed by atoms with Crippen LogP contribution in [0.2, 0.25) is 0 Å². The second kappa shape index (κ2) is 3.47. The Labute approximate surface area is 81.2 Å². The third-order valence-electron chi connectivity index (χ3n) is 2.31. The first-order valence-electron chi connectivity index (χ1n) is 3.97. The molecule has 1 atom stereocenters. The van der Waals surface area contributed by atoms with Crippen LogP contribution in [0.1, 0.15) is 19.4 Å². The summed E-state index contributed by atoms with van der Waals surface area (Å²) in [5.41, 5.74) is 6.06. The highest BCUT2D eigenvalue weighted by Gasteiger charge is 2.33. The molecule has 0 aliphatic carbocycles. The van der Waals surface area contributed by atoms with Crippen LogP contribution in [0.5, 0.6) is 0 Å². The Bertz CT molecular complexity index is 293. The zero-order valence-corrected chi connectivity index (χ0v) is 8.47. The zero-order valence-electron chi connectivity index (χ0n) is 7.65. The SMILES string of the molecule is CC(C)(c1ccsc1)C(N)C(=O)O. The minimum Gasteiger partial charge on any atom is -0.480 e. The van der Waals surface area contributed by atoms with Crippen LogP contribution >= 0.6 is 11.3 Å². The molecule has 0 spiro atoms. The Morgan fingerprint density at radius 3 is 2.69 bits per heavy atom. The molecular weight excluding hydrogens is 186 g/mol. The Hall–Kier alpha value is -0.870. The highest BCUT2D eigenvalue weighted by atomic mass is 32.1. The van der Waals surface area contributed by atoms with Gasteiger partial charge in [-0.2, -0.15) is 11.3 Å². The van der Waals surface area contributed by atoms with Crippen LogP contribution in [0.15, 0.2) is 16.8 Å². The molecule has 0 radical (unpaired) electrons. The first kappa shape index (κ1) is 10.2. The van der Waals surface area contributed by atoms with Gasteiger partial charge in [0.15, 0.2) is 0 Å². The Balaban J connectivity index is 2.95. The molecule has 0 aliphatic heterocycles. The lowest BCUT2D eigenvalue weighted by Gasteiger charge is -2.27. The van der Waals surface area contributed by atoms with E-state index in [1.807, 2.05) is 30.7 Å². The molecule has 0 aliphatic rings. The number of nitrogens with two attached hydrogens (primary N) is 1. The summed E-state index contributed by atoms with van der Waals surface area (Å²) < 4.78 is 0. The normalized spacial score (nSPS) is 14.1. The largest absolute Gasteiger partial charge is 0.480 e. The van der Waals surface area contributed by atoms with E-state index in [2.05, 4.69) is 0 Å². The van der Waals surface area contributed by atoms with Gasteiger partial charge in [-0.3, -0.25) is 4.79 Å². The molecule has 72 valence electrons. The second-order valence-electron chi connectivity index (χ2n) is 3.55. The van der Waals surface area contributed by atoms with Crippen LogP contribution in [0.3, 0.4) is 0 Å². The van der Waals surface area contributed by atoms with Gasteiger partial charge in [-0.25, -0.2) is 0 Å². The van der Waals surface area contributed by atoms with E-state index < -0.39 is 17.4 Å². The molecule has 1 unspecified atom stereocenters. The van der Waals surface area contributed by atoms with Crippen LogP contribution < -0.4 is 5.73 Å². The highest BCUT2D eigenvalue weighted by Crippen LogP contribution is 2.27. The molecule has 0 bridgehead atoms. The summed E-state index contributed by atoms with van der Waals surface area (Å²) in [5.74, 6) is -0.962. The predicted octanol–water partition coefficient (Wildman–Crippen LogP) is 1.44.